The second-order valence-electron chi connectivity index (χ2n) is 9.05. The van der Waals surface area contributed by atoms with Gasteiger partial charge in [-0.15, -0.1) is 0 Å². The minimum absolute atomic E-state index is 0.00829. The summed E-state index contributed by atoms with van der Waals surface area (Å²) in [6.07, 6.45) is 13.7. The van der Waals surface area contributed by atoms with Gasteiger partial charge in [0.2, 0.25) is 0 Å². The highest BCUT2D eigenvalue weighted by Gasteiger charge is 2.38. The van der Waals surface area contributed by atoms with E-state index in [4.69, 9.17) is 4.74 Å². The normalized spacial score (nSPS) is 12.5. The van der Waals surface area contributed by atoms with Gasteiger partial charge in [-0.3, -0.25) is 9.59 Å². The van der Waals surface area contributed by atoms with Crippen molar-refractivity contribution in [1.29, 1.82) is 0 Å². The molecule has 0 heterocycles. The first-order valence-electron chi connectivity index (χ1n) is 13.2. The van der Waals surface area contributed by atoms with Crippen molar-refractivity contribution in [2.75, 3.05) is 6.61 Å². The number of alkyl halides is 3. The van der Waals surface area contributed by atoms with Gasteiger partial charge >= 0.3 is 18.1 Å². The molecule has 0 aromatic rings. The number of ether oxygens (including phenoxy) is 2. The van der Waals surface area contributed by atoms with Crippen LogP contribution in [0.25, 0.3) is 0 Å². The predicted octanol–water partition coefficient (Wildman–Crippen LogP) is 8.46. The Morgan fingerprint density at radius 3 is 1.45 bits per heavy atom. The van der Waals surface area contributed by atoms with Gasteiger partial charge in [0.15, 0.2) is 6.10 Å². The zero-order chi connectivity index (χ0) is 24.8. The Labute approximate surface area is 199 Å². The molecule has 0 rings (SSSR count). The molecule has 0 bridgehead atoms. The summed E-state index contributed by atoms with van der Waals surface area (Å²) < 4.78 is 46.3. The molecular formula is C26H47F3O4. The lowest BCUT2D eigenvalue weighted by Crippen LogP contribution is -2.30. The molecule has 0 N–H and O–H groups in total. The molecule has 0 amide bonds. The molecule has 0 spiro atoms. The molecule has 0 aliphatic carbocycles. The topological polar surface area (TPSA) is 52.6 Å². The number of esters is 2. The standard InChI is InChI=1S/C26H47F3O4/c1-3-4-5-6-7-8-9-10-11-12-13-14-15-16-17-18-22-32-24(30)20-19-21-25(31)33-23(2)26(27,28)29/h23H,3-22H2,1-2H3. The maximum Gasteiger partial charge on any atom is 0.425 e. The van der Waals surface area contributed by atoms with Crippen molar-refractivity contribution in [3.05, 3.63) is 0 Å². The van der Waals surface area contributed by atoms with Gasteiger partial charge < -0.3 is 9.47 Å². The lowest BCUT2D eigenvalue weighted by molar-refractivity contribution is -0.216. The molecule has 0 saturated heterocycles. The smallest absolute Gasteiger partial charge is 0.425 e. The molecule has 0 aromatic heterocycles. The highest BCUT2D eigenvalue weighted by atomic mass is 19.4. The number of hydrogen-bond acceptors (Lipinski definition) is 4. The minimum Gasteiger partial charge on any atom is -0.466 e. The Bertz CT molecular complexity index is 481. The molecule has 0 aliphatic heterocycles. The molecule has 0 aromatic carbocycles. The van der Waals surface area contributed by atoms with E-state index >= 15 is 0 Å². The number of halogens is 3. The van der Waals surface area contributed by atoms with E-state index in [0.717, 1.165) is 26.2 Å². The fraction of sp³-hybridized carbons (Fsp3) is 0.923. The van der Waals surface area contributed by atoms with Crippen LogP contribution in [0.15, 0.2) is 0 Å². The average molecular weight is 481 g/mol. The van der Waals surface area contributed by atoms with Gasteiger partial charge in [-0.25, -0.2) is 0 Å². The van der Waals surface area contributed by atoms with E-state index in [1.165, 1.54) is 83.5 Å². The first-order chi connectivity index (χ1) is 15.8. The molecule has 0 saturated carbocycles. The predicted molar refractivity (Wildman–Crippen MR) is 126 cm³/mol. The van der Waals surface area contributed by atoms with E-state index in [2.05, 4.69) is 11.7 Å². The van der Waals surface area contributed by atoms with E-state index in [1.807, 2.05) is 0 Å². The average Bonchev–Trinajstić information content (AvgIpc) is 2.75. The molecule has 4 nitrogen and oxygen atoms in total. The van der Waals surface area contributed by atoms with Crippen LogP contribution in [0.3, 0.4) is 0 Å². The molecular weight excluding hydrogens is 433 g/mol. The Hall–Kier alpha value is -1.27. The Morgan fingerprint density at radius 2 is 1.03 bits per heavy atom. The zero-order valence-electron chi connectivity index (χ0n) is 21.0. The van der Waals surface area contributed by atoms with Crippen LogP contribution in [0, 0.1) is 0 Å². The van der Waals surface area contributed by atoms with Crippen molar-refractivity contribution in [2.45, 2.75) is 148 Å². The van der Waals surface area contributed by atoms with E-state index in [9.17, 15) is 22.8 Å². The summed E-state index contributed by atoms with van der Waals surface area (Å²) >= 11 is 0. The molecule has 1 unspecified atom stereocenters. The summed E-state index contributed by atoms with van der Waals surface area (Å²) in [4.78, 5) is 22.9. The second-order valence-corrected chi connectivity index (χ2v) is 9.05. The molecule has 1 atom stereocenters. The van der Waals surface area contributed by atoms with Crippen molar-refractivity contribution in [2.24, 2.45) is 0 Å². The van der Waals surface area contributed by atoms with Crippen molar-refractivity contribution in [3.8, 4) is 0 Å². The van der Waals surface area contributed by atoms with E-state index in [-0.39, 0.29) is 19.3 Å². The van der Waals surface area contributed by atoms with Crippen molar-refractivity contribution >= 4 is 11.9 Å². The third-order valence-corrected chi connectivity index (χ3v) is 5.79. The fourth-order valence-corrected chi connectivity index (χ4v) is 3.61. The number of rotatable bonds is 22. The molecule has 33 heavy (non-hydrogen) atoms. The maximum atomic E-state index is 12.3. The van der Waals surface area contributed by atoms with Gasteiger partial charge in [0, 0.05) is 12.8 Å². The third-order valence-electron chi connectivity index (χ3n) is 5.79. The minimum atomic E-state index is -4.57. The quantitative estimate of drug-likeness (QED) is 0.115. The summed E-state index contributed by atoms with van der Waals surface area (Å²) in [6, 6.07) is 0. The van der Waals surface area contributed by atoms with Crippen LogP contribution in [0.5, 0.6) is 0 Å². The number of carbonyl (C=O) groups is 2. The van der Waals surface area contributed by atoms with Gasteiger partial charge in [0.1, 0.15) is 0 Å². The largest absolute Gasteiger partial charge is 0.466 e. The fourth-order valence-electron chi connectivity index (χ4n) is 3.61. The van der Waals surface area contributed by atoms with E-state index in [1.54, 1.807) is 0 Å². The van der Waals surface area contributed by atoms with Crippen molar-refractivity contribution < 1.29 is 32.2 Å². The van der Waals surface area contributed by atoms with Crippen molar-refractivity contribution in [1.82, 2.24) is 0 Å². The third kappa shape index (κ3) is 22.3. The lowest BCUT2D eigenvalue weighted by atomic mass is 10.0. The maximum absolute atomic E-state index is 12.3. The summed E-state index contributed by atoms with van der Waals surface area (Å²) in [7, 11) is 0. The summed E-state index contributed by atoms with van der Waals surface area (Å²) in [5, 5.41) is 0. The molecule has 196 valence electrons. The highest BCUT2D eigenvalue weighted by Crippen LogP contribution is 2.22. The SMILES string of the molecule is CCCCCCCCCCCCCCCCCCOC(=O)CCCC(=O)OC(C)C(F)(F)F. The molecule has 0 radical (unpaired) electrons. The Kier molecular flexibility index (Phi) is 20.5. The second kappa shape index (κ2) is 21.3. The monoisotopic (exact) mass is 480 g/mol. The van der Waals surface area contributed by atoms with Crippen molar-refractivity contribution in [3.63, 3.8) is 0 Å². The first kappa shape index (κ1) is 31.7. The Balaban J connectivity index is 3.34. The van der Waals surface area contributed by atoms with E-state index < -0.39 is 24.2 Å². The van der Waals surface area contributed by atoms with Crippen LogP contribution < -0.4 is 0 Å². The van der Waals surface area contributed by atoms with Crippen LogP contribution in [0.1, 0.15) is 136 Å². The number of carbonyl (C=O) groups excluding carboxylic acids is 2. The molecule has 0 fully saturated rings. The highest BCUT2D eigenvalue weighted by molar-refractivity contribution is 5.72. The van der Waals surface area contributed by atoms with Crippen LogP contribution in [0.4, 0.5) is 13.2 Å². The zero-order valence-corrected chi connectivity index (χ0v) is 21.0. The summed E-state index contributed by atoms with van der Waals surface area (Å²) in [5.74, 6) is -1.38. The molecule has 0 aliphatic rings. The number of hydrogen-bond donors (Lipinski definition) is 0. The van der Waals surface area contributed by atoms with Crippen LogP contribution >= 0.6 is 0 Å². The summed E-state index contributed by atoms with van der Waals surface area (Å²) in [5.41, 5.74) is 0. The van der Waals surface area contributed by atoms with Gasteiger partial charge in [0.05, 0.1) is 6.61 Å². The van der Waals surface area contributed by atoms with Crippen LogP contribution in [-0.2, 0) is 19.1 Å². The summed E-state index contributed by atoms with van der Waals surface area (Å²) in [6.45, 7) is 3.39. The molecule has 7 heteroatoms. The van der Waals surface area contributed by atoms with Gasteiger partial charge in [-0.2, -0.15) is 13.2 Å². The Morgan fingerprint density at radius 1 is 0.636 bits per heavy atom. The number of unbranched alkanes of at least 4 members (excludes halogenated alkanes) is 15. The van der Waals surface area contributed by atoms with Crippen LogP contribution in [0.2, 0.25) is 0 Å². The van der Waals surface area contributed by atoms with Gasteiger partial charge in [0.25, 0.3) is 0 Å². The van der Waals surface area contributed by atoms with Crippen LogP contribution in [-0.4, -0.2) is 30.8 Å². The van der Waals surface area contributed by atoms with E-state index in [0.29, 0.717) is 6.61 Å². The van der Waals surface area contributed by atoms with Gasteiger partial charge in [-0.1, -0.05) is 103 Å². The van der Waals surface area contributed by atoms with Gasteiger partial charge in [-0.05, 0) is 19.8 Å². The lowest BCUT2D eigenvalue weighted by Gasteiger charge is -2.16. The first-order valence-corrected chi connectivity index (χ1v) is 13.2.